The molecule has 0 amide bonds. The molecule has 2 N–H and O–H groups in total. The fourth-order valence-corrected chi connectivity index (χ4v) is 6.68. The van der Waals surface area contributed by atoms with E-state index >= 15 is 0 Å². The summed E-state index contributed by atoms with van der Waals surface area (Å²) in [6, 6.07) is 0. The third kappa shape index (κ3) is 18.6. The van der Waals surface area contributed by atoms with Gasteiger partial charge in [0.05, 0.1) is 6.61 Å². The van der Waals surface area contributed by atoms with Crippen molar-refractivity contribution in [2.45, 2.75) is 220 Å². The van der Waals surface area contributed by atoms with Gasteiger partial charge in [0.15, 0.2) is 11.5 Å². The topological polar surface area (TPSA) is 49.7 Å². The van der Waals surface area contributed by atoms with E-state index in [-0.39, 0.29) is 11.5 Å². The average Bonchev–Trinajstić information content (AvgIpc) is 3.03. The molecule has 0 spiro atoms. The van der Waals surface area contributed by atoms with Crippen LogP contribution in [0.5, 0.6) is 17.2 Å². The molecule has 0 bridgehead atoms. The van der Waals surface area contributed by atoms with E-state index in [0.717, 1.165) is 63.4 Å². The van der Waals surface area contributed by atoms with Crippen molar-refractivity contribution in [1.29, 1.82) is 0 Å². The van der Waals surface area contributed by atoms with E-state index in [1.54, 1.807) is 0 Å². The Hall–Kier alpha value is -1.38. The van der Waals surface area contributed by atoms with Crippen molar-refractivity contribution in [2.75, 3.05) is 6.61 Å². The van der Waals surface area contributed by atoms with Gasteiger partial charge < -0.3 is 14.9 Å². The van der Waals surface area contributed by atoms with E-state index in [1.807, 2.05) is 0 Å². The van der Waals surface area contributed by atoms with Crippen LogP contribution >= 0.6 is 0 Å². The number of unbranched alkanes of at least 4 members (excludes halogenated alkanes) is 23. The Balaban J connectivity index is 3.04. The molecule has 0 atom stereocenters. The number of phenolic OH excluding ortho intramolecular Hbond substituents is 2. The van der Waals surface area contributed by atoms with Gasteiger partial charge >= 0.3 is 0 Å². The number of aromatic hydroxyl groups is 2. The van der Waals surface area contributed by atoms with E-state index in [9.17, 15) is 10.2 Å². The van der Waals surface area contributed by atoms with E-state index in [4.69, 9.17) is 4.74 Å². The molecule has 0 aliphatic heterocycles. The molecule has 0 saturated carbocycles. The van der Waals surface area contributed by atoms with Crippen LogP contribution in [0.25, 0.3) is 0 Å². The van der Waals surface area contributed by atoms with Gasteiger partial charge in [-0.2, -0.15) is 0 Å². The molecule has 0 aliphatic rings. The zero-order valence-electron chi connectivity index (χ0n) is 30.2. The number of hydrogen-bond donors (Lipinski definition) is 2. The first-order valence-corrected chi connectivity index (χ1v) is 19.8. The van der Waals surface area contributed by atoms with Gasteiger partial charge in [-0.1, -0.05) is 175 Å². The minimum absolute atomic E-state index is 0.00491. The normalized spacial score (nSPS) is 11.5. The third-order valence-corrected chi connectivity index (χ3v) is 9.56. The van der Waals surface area contributed by atoms with Crippen molar-refractivity contribution in [3.63, 3.8) is 0 Å². The Morgan fingerprint density at radius 3 is 1.07 bits per heavy atom. The lowest BCUT2D eigenvalue weighted by Crippen LogP contribution is -2.08. The van der Waals surface area contributed by atoms with Crippen LogP contribution in [0.3, 0.4) is 0 Å². The van der Waals surface area contributed by atoms with Crippen molar-refractivity contribution >= 4 is 0 Å². The minimum Gasteiger partial charge on any atom is -0.504 e. The van der Waals surface area contributed by atoms with E-state index in [2.05, 4.69) is 27.7 Å². The van der Waals surface area contributed by atoms with Gasteiger partial charge in [0.25, 0.3) is 0 Å². The standard InChI is InChI=1S/C41H76O3/c1-5-9-13-16-19-22-25-28-32-36-37(33-29-26-23-20-17-14-10-6-2)39(42)40(43)41(44-35-31-12-8-4)38(36)34-30-27-24-21-18-15-11-7-3/h42-43H,5-35H2,1-4H3. The Bertz CT molecular complexity index is 787. The summed E-state index contributed by atoms with van der Waals surface area (Å²) in [5.41, 5.74) is 3.54. The molecule has 0 fully saturated rings. The number of rotatable bonds is 32. The summed E-state index contributed by atoms with van der Waals surface area (Å²) in [5, 5.41) is 22.7. The van der Waals surface area contributed by atoms with Crippen LogP contribution in [0.2, 0.25) is 0 Å². The lowest BCUT2D eigenvalue weighted by molar-refractivity contribution is 0.279. The SMILES string of the molecule is CCCCCCCCCCc1c(O)c(O)c(OCCCCC)c(CCCCCCCCCC)c1CCCCCCCCCC. The first kappa shape index (κ1) is 40.6. The Labute approximate surface area is 275 Å². The van der Waals surface area contributed by atoms with Crippen LogP contribution in [0, 0.1) is 0 Å². The second-order valence-corrected chi connectivity index (χ2v) is 13.7. The highest BCUT2D eigenvalue weighted by atomic mass is 16.5. The summed E-state index contributed by atoms with van der Waals surface area (Å²) >= 11 is 0. The molecular weight excluding hydrogens is 540 g/mol. The predicted octanol–water partition coefficient (Wildman–Crippen LogP) is 13.7. The summed E-state index contributed by atoms with van der Waals surface area (Å²) in [5.74, 6) is 0.703. The molecule has 0 saturated heterocycles. The molecule has 0 unspecified atom stereocenters. The number of ether oxygens (including phenoxy) is 1. The lowest BCUT2D eigenvalue weighted by Gasteiger charge is -2.23. The van der Waals surface area contributed by atoms with Crippen LogP contribution < -0.4 is 4.74 Å². The summed E-state index contributed by atoms with van der Waals surface area (Å²) in [7, 11) is 0. The zero-order chi connectivity index (χ0) is 32.1. The molecule has 3 heteroatoms. The van der Waals surface area contributed by atoms with Gasteiger partial charge in [-0.3, -0.25) is 0 Å². The summed E-state index contributed by atoms with van der Waals surface area (Å²) in [6.07, 6.45) is 37.1. The highest BCUT2D eigenvalue weighted by Gasteiger charge is 2.24. The van der Waals surface area contributed by atoms with Crippen LogP contribution in [-0.2, 0) is 19.3 Å². The quantitative estimate of drug-likeness (QED) is 0.0625. The van der Waals surface area contributed by atoms with E-state index < -0.39 is 0 Å². The van der Waals surface area contributed by atoms with Crippen molar-refractivity contribution in [3.05, 3.63) is 16.7 Å². The van der Waals surface area contributed by atoms with E-state index in [0.29, 0.717) is 12.4 Å². The van der Waals surface area contributed by atoms with Crippen LogP contribution in [0.15, 0.2) is 0 Å². The Morgan fingerprint density at radius 2 is 0.659 bits per heavy atom. The van der Waals surface area contributed by atoms with Gasteiger partial charge in [-0.15, -0.1) is 0 Å². The number of phenols is 2. The van der Waals surface area contributed by atoms with Crippen molar-refractivity contribution < 1.29 is 14.9 Å². The first-order valence-electron chi connectivity index (χ1n) is 19.8. The highest BCUT2D eigenvalue weighted by Crippen LogP contribution is 2.46. The monoisotopic (exact) mass is 617 g/mol. The Morgan fingerprint density at radius 1 is 0.341 bits per heavy atom. The average molecular weight is 617 g/mol. The molecule has 1 aromatic carbocycles. The van der Waals surface area contributed by atoms with Gasteiger partial charge in [-0.25, -0.2) is 0 Å². The lowest BCUT2D eigenvalue weighted by atomic mass is 9.88. The molecule has 258 valence electrons. The second kappa shape index (κ2) is 29.1. The fraction of sp³-hybridized carbons (Fsp3) is 0.854. The maximum absolute atomic E-state index is 11.4. The molecular formula is C41H76O3. The predicted molar refractivity (Wildman–Crippen MR) is 194 cm³/mol. The maximum Gasteiger partial charge on any atom is 0.201 e. The molecule has 0 heterocycles. The molecule has 1 rings (SSSR count). The smallest absolute Gasteiger partial charge is 0.201 e. The van der Waals surface area contributed by atoms with Crippen LogP contribution in [0.4, 0.5) is 0 Å². The summed E-state index contributed by atoms with van der Waals surface area (Å²) < 4.78 is 6.33. The van der Waals surface area contributed by atoms with Crippen LogP contribution in [0.1, 0.15) is 218 Å². The first-order chi connectivity index (χ1) is 21.6. The molecule has 0 radical (unpaired) electrons. The molecule has 3 nitrogen and oxygen atoms in total. The van der Waals surface area contributed by atoms with Crippen molar-refractivity contribution in [1.82, 2.24) is 0 Å². The second-order valence-electron chi connectivity index (χ2n) is 13.7. The maximum atomic E-state index is 11.4. The molecule has 1 aromatic rings. The van der Waals surface area contributed by atoms with Gasteiger partial charge in [0.1, 0.15) is 0 Å². The van der Waals surface area contributed by atoms with Crippen LogP contribution in [-0.4, -0.2) is 16.8 Å². The largest absolute Gasteiger partial charge is 0.504 e. The van der Waals surface area contributed by atoms with Gasteiger partial charge in [0, 0.05) is 11.1 Å². The third-order valence-electron chi connectivity index (χ3n) is 9.56. The fourth-order valence-electron chi connectivity index (χ4n) is 6.68. The summed E-state index contributed by atoms with van der Waals surface area (Å²) in [6.45, 7) is 9.66. The van der Waals surface area contributed by atoms with Crippen molar-refractivity contribution in [2.24, 2.45) is 0 Å². The van der Waals surface area contributed by atoms with Gasteiger partial charge in [-0.05, 0) is 50.5 Å². The zero-order valence-corrected chi connectivity index (χ0v) is 30.2. The van der Waals surface area contributed by atoms with Crippen molar-refractivity contribution in [3.8, 4) is 17.2 Å². The number of benzene rings is 1. The molecule has 44 heavy (non-hydrogen) atoms. The minimum atomic E-state index is 0.00491. The summed E-state index contributed by atoms with van der Waals surface area (Å²) in [4.78, 5) is 0. The molecule has 0 aromatic heterocycles. The number of hydrogen-bond acceptors (Lipinski definition) is 3. The van der Waals surface area contributed by atoms with Gasteiger partial charge in [0.2, 0.25) is 5.75 Å². The Kier molecular flexibility index (Phi) is 26.8. The molecule has 0 aliphatic carbocycles. The highest BCUT2D eigenvalue weighted by molar-refractivity contribution is 5.62. The van der Waals surface area contributed by atoms with E-state index in [1.165, 1.54) is 146 Å².